The van der Waals surface area contributed by atoms with Crippen LogP contribution in [-0.2, 0) is 0 Å². The molecule has 0 spiro atoms. The second kappa shape index (κ2) is 9.17. The van der Waals surface area contributed by atoms with E-state index in [4.69, 9.17) is 0 Å². The van der Waals surface area contributed by atoms with Gasteiger partial charge in [-0.25, -0.2) is 0 Å². The summed E-state index contributed by atoms with van der Waals surface area (Å²) in [4.78, 5) is 0. The van der Waals surface area contributed by atoms with Gasteiger partial charge in [-0.2, -0.15) is 0 Å². The van der Waals surface area contributed by atoms with Crippen LogP contribution < -0.4 is 0 Å². The van der Waals surface area contributed by atoms with Gasteiger partial charge < -0.3 is 0 Å². The molecular weight excluding hydrogens is 139 g/mol. The first-order valence-corrected chi connectivity index (χ1v) is 5.08. The molecule has 0 N–H and O–H groups in total. The molecule has 0 aliphatic rings. The summed E-state index contributed by atoms with van der Waals surface area (Å²) in [5, 5.41) is 0. The normalized spacial score (nSPS) is 13.6. The molecule has 0 aliphatic carbocycles. The summed E-state index contributed by atoms with van der Waals surface area (Å²) >= 11 is 2.32. The topological polar surface area (TPSA) is 0 Å². The van der Waals surface area contributed by atoms with Crippen molar-refractivity contribution in [1.82, 2.24) is 0 Å². The Morgan fingerprint density at radius 1 is 1.42 bits per heavy atom. The van der Waals surface area contributed by atoms with E-state index in [1.807, 2.05) is 12.2 Å². The zero-order valence-corrected chi connectivity index (χ0v) is 8.55. The molecule has 0 aromatic carbocycles. The summed E-state index contributed by atoms with van der Waals surface area (Å²) in [6, 6.07) is 0. The first kappa shape index (κ1) is 12.1. The van der Waals surface area contributed by atoms with Gasteiger partial charge in [0.25, 0.3) is 0 Å². The number of hydrogen-bond acceptors (Lipinski definition) is 0. The molecule has 0 saturated heterocycles. The van der Waals surface area contributed by atoms with Crippen LogP contribution in [0.2, 0.25) is 4.59 Å². The molecule has 0 nitrogen and oxygen atoms in total. The molecule has 0 bridgehead atoms. The van der Waals surface area contributed by atoms with Crippen LogP contribution in [0.1, 0.15) is 39.0 Å². The van der Waals surface area contributed by atoms with E-state index in [0.717, 1.165) is 4.59 Å². The molecule has 12 heavy (non-hydrogen) atoms. The number of allylic oxidation sites excluding steroid dienone is 3. The van der Waals surface area contributed by atoms with Crippen LogP contribution in [0, 0.1) is 0 Å². The fourth-order valence-corrected chi connectivity index (χ4v) is 1.27. The molecule has 1 heteroatoms. The molecule has 1 unspecified atom stereocenters. The Labute approximate surface area is 86.3 Å². The van der Waals surface area contributed by atoms with E-state index in [0.29, 0.717) is 0 Å². The van der Waals surface area contributed by atoms with Crippen LogP contribution in [0.4, 0.5) is 0 Å². The van der Waals surface area contributed by atoms with Gasteiger partial charge in [0, 0.05) is 0 Å². The van der Waals surface area contributed by atoms with Crippen molar-refractivity contribution < 1.29 is 0 Å². The van der Waals surface area contributed by atoms with Crippen LogP contribution in [0.25, 0.3) is 0 Å². The van der Waals surface area contributed by atoms with Crippen LogP contribution in [0.15, 0.2) is 24.8 Å². The van der Waals surface area contributed by atoms with Crippen molar-refractivity contribution >= 4 is 17.7 Å². The third-order valence-corrected chi connectivity index (χ3v) is 2.11. The maximum atomic E-state index is 3.65. The molecule has 0 aromatic heterocycles. The third-order valence-electron chi connectivity index (χ3n) is 2.11. The fourth-order valence-electron chi connectivity index (χ4n) is 1.27. The summed E-state index contributed by atoms with van der Waals surface area (Å²) in [6.07, 6.45) is 12.8. The monoisotopic (exact) mass is 158 g/mol. The molecule has 0 fully saturated rings. The Morgan fingerprint density at radius 2 is 2.17 bits per heavy atom. The third kappa shape index (κ3) is 8.18. The van der Waals surface area contributed by atoms with Gasteiger partial charge in [0.2, 0.25) is 0 Å². The van der Waals surface area contributed by atoms with Gasteiger partial charge in [0.15, 0.2) is 0 Å². The molecule has 0 heterocycles. The van der Waals surface area contributed by atoms with Crippen LogP contribution in [0.5, 0.6) is 0 Å². The summed E-state index contributed by atoms with van der Waals surface area (Å²) in [7, 11) is 0. The Balaban J connectivity index is 3.26. The molecule has 0 rings (SSSR count). The van der Waals surface area contributed by atoms with Gasteiger partial charge in [-0.05, 0) is 0 Å². The predicted molar refractivity (Wildman–Crippen MR) is 57.6 cm³/mol. The van der Waals surface area contributed by atoms with E-state index in [1.165, 1.54) is 32.1 Å². The second-order valence-electron chi connectivity index (χ2n) is 3.50. The van der Waals surface area contributed by atoms with Crippen molar-refractivity contribution in [3.63, 3.8) is 0 Å². The average Bonchev–Trinajstić information content (AvgIpc) is 2.06. The first-order chi connectivity index (χ1) is 5.81. The Hall–Kier alpha value is 0.0774. The Bertz CT molecular complexity index is 127. The van der Waals surface area contributed by atoms with E-state index < -0.39 is 0 Å². The van der Waals surface area contributed by atoms with Crippen molar-refractivity contribution in [3.8, 4) is 0 Å². The molecular formula is C11H19Li. The van der Waals surface area contributed by atoms with Crippen molar-refractivity contribution in [2.24, 2.45) is 0 Å². The minimum atomic E-state index is 0.841. The Kier molecular flexibility index (Phi) is 9.23. The van der Waals surface area contributed by atoms with E-state index >= 15 is 0 Å². The van der Waals surface area contributed by atoms with Crippen molar-refractivity contribution in [3.05, 3.63) is 24.8 Å². The number of unbranched alkanes of at least 4 members (excludes halogenated alkanes) is 2. The van der Waals surface area contributed by atoms with E-state index in [2.05, 4.69) is 37.3 Å². The standard InChI is InChI=1S/C11H19.Li/c1-3-5-7-9-11-10-8-6-4-2;/h3,5,7,11H,1,4,6,8-10H2,2H3;. The van der Waals surface area contributed by atoms with Gasteiger partial charge in [-0.3, -0.25) is 0 Å². The van der Waals surface area contributed by atoms with Gasteiger partial charge in [-0.1, -0.05) is 0 Å². The SMILES string of the molecule is [Li][CH](CC=CC=C)CCCCC. The second-order valence-corrected chi connectivity index (χ2v) is 3.50. The Morgan fingerprint density at radius 3 is 2.75 bits per heavy atom. The number of rotatable bonds is 7. The van der Waals surface area contributed by atoms with Crippen LogP contribution >= 0.6 is 0 Å². The summed E-state index contributed by atoms with van der Waals surface area (Å²) in [5.74, 6) is 0. The molecule has 0 aromatic rings. The van der Waals surface area contributed by atoms with Gasteiger partial charge in [-0.15, -0.1) is 0 Å². The maximum absolute atomic E-state index is 3.65. The van der Waals surface area contributed by atoms with Gasteiger partial charge in [0.1, 0.15) is 0 Å². The average molecular weight is 158 g/mol. The predicted octanol–water partition coefficient (Wildman–Crippen LogP) is 3.66. The van der Waals surface area contributed by atoms with Crippen LogP contribution in [-0.4, -0.2) is 17.7 Å². The molecule has 0 radical (unpaired) electrons. The fraction of sp³-hybridized carbons (Fsp3) is 0.636. The van der Waals surface area contributed by atoms with Crippen LogP contribution in [0.3, 0.4) is 0 Å². The molecule has 1 atom stereocenters. The summed E-state index contributed by atoms with van der Waals surface area (Å²) in [5.41, 5.74) is 0. The molecule has 0 aliphatic heterocycles. The van der Waals surface area contributed by atoms with Gasteiger partial charge >= 0.3 is 86.1 Å². The zero-order valence-electron chi connectivity index (χ0n) is 8.55. The molecule has 0 saturated carbocycles. The minimum absolute atomic E-state index is 0.841. The first-order valence-electron chi connectivity index (χ1n) is 5.08. The zero-order chi connectivity index (χ0) is 9.23. The van der Waals surface area contributed by atoms with Crippen molar-refractivity contribution in [2.75, 3.05) is 0 Å². The quantitative estimate of drug-likeness (QED) is 0.301. The van der Waals surface area contributed by atoms with E-state index in [-0.39, 0.29) is 0 Å². The summed E-state index contributed by atoms with van der Waals surface area (Å²) < 4.78 is 0.841. The molecule has 64 valence electrons. The van der Waals surface area contributed by atoms with Crippen molar-refractivity contribution in [1.29, 1.82) is 0 Å². The summed E-state index contributed by atoms with van der Waals surface area (Å²) in [6.45, 7) is 5.90. The van der Waals surface area contributed by atoms with Crippen molar-refractivity contribution in [2.45, 2.75) is 43.6 Å². The number of hydrogen-bond donors (Lipinski definition) is 0. The van der Waals surface area contributed by atoms with E-state index in [1.54, 1.807) is 0 Å². The van der Waals surface area contributed by atoms with E-state index in [9.17, 15) is 0 Å². The molecule has 0 amide bonds. The van der Waals surface area contributed by atoms with Gasteiger partial charge in [0.05, 0.1) is 0 Å².